The third kappa shape index (κ3) is 4.15. The van der Waals surface area contributed by atoms with Crippen LogP contribution in [0, 0.1) is 11.7 Å². The van der Waals surface area contributed by atoms with Crippen LogP contribution in [-0.2, 0) is 11.0 Å². The molecule has 4 nitrogen and oxygen atoms in total. The van der Waals surface area contributed by atoms with Gasteiger partial charge in [-0.3, -0.25) is 4.79 Å². The van der Waals surface area contributed by atoms with E-state index in [0.29, 0.717) is 12.1 Å². The molecule has 154 valence electrons. The summed E-state index contributed by atoms with van der Waals surface area (Å²) in [6.07, 6.45) is -4.93. The summed E-state index contributed by atoms with van der Waals surface area (Å²) < 4.78 is 50.6. The number of anilines is 1. The van der Waals surface area contributed by atoms with Crippen LogP contribution >= 0.6 is 34.8 Å². The van der Waals surface area contributed by atoms with Gasteiger partial charge in [0.05, 0.1) is 22.1 Å². The zero-order chi connectivity index (χ0) is 21.7. The van der Waals surface area contributed by atoms with E-state index >= 15 is 0 Å². The number of carboxylic acid groups (broad SMARTS) is 1. The minimum Gasteiger partial charge on any atom is -0.478 e. The first-order chi connectivity index (χ1) is 13.3. The summed E-state index contributed by atoms with van der Waals surface area (Å²) in [6, 6.07) is 5.99. The normalized spacial score (nSPS) is 20.2. The van der Waals surface area contributed by atoms with Gasteiger partial charge in [-0.05, 0) is 35.9 Å². The summed E-state index contributed by atoms with van der Waals surface area (Å²) in [5, 5.41) is 11.4. The predicted octanol–water partition coefficient (Wildman–Crippen LogP) is 5.72. The topological polar surface area (TPSA) is 66.4 Å². The fourth-order valence-corrected chi connectivity index (χ4v) is 4.03. The van der Waals surface area contributed by atoms with E-state index in [9.17, 15) is 27.2 Å². The number of nitrogens with one attached hydrogen (secondary N) is 1. The lowest BCUT2D eigenvalue weighted by Gasteiger charge is -2.10. The molecule has 0 saturated heterocycles. The first kappa shape index (κ1) is 21.7. The summed E-state index contributed by atoms with van der Waals surface area (Å²) in [7, 11) is 0. The summed E-state index contributed by atoms with van der Waals surface area (Å²) in [6.45, 7) is 0. The number of carboxylic acids is 1. The van der Waals surface area contributed by atoms with Crippen LogP contribution in [0.3, 0.4) is 0 Å². The maximum atomic E-state index is 13.5. The van der Waals surface area contributed by atoms with E-state index in [1.165, 1.54) is 12.1 Å². The Bertz CT molecular complexity index is 1010. The quantitative estimate of drug-likeness (QED) is 0.443. The molecule has 1 aliphatic carbocycles. The molecule has 1 amide bonds. The van der Waals surface area contributed by atoms with Gasteiger partial charge in [0.25, 0.3) is 0 Å². The molecular weight excluding hydrogens is 461 g/mol. The Balaban J connectivity index is 1.85. The molecule has 2 aromatic carbocycles. The SMILES string of the molecule is O=C(O)c1cc(NC(=O)[C@H]2[C@H](c3ccc(F)c(C(F)(F)F)c3)C2(Cl)Cl)ccc1Cl. The van der Waals surface area contributed by atoms with Gasteiger partial charge in [-0.2, -0.15) is 13.2 Å². The van der Waals surface area contributed by atoms with Crippen LogP contribution in [0.1, 0.15) is 27.4 Å². The lowest BCUT2D eigenvalue weighted by atomic mass is 10.0. The van der Waals surface area contributed by atoms with Gasteiger partial charge in [-0.1, -0.05) is 17.7 Å². The Labute approximate surface area is 176 Å². The van der Waals surface area contributed by atoms with Gasteiger partial charge in [0.2, 0.25) is 5.91 Å². The maximum absolute atomic E-state index is 13.5. The predicted molar refractivity (Wildman–Crippen MR) is 99.1 cm³/mol. The third-order valence-electron chi connectivity index (χ3n) is 4.46. The molecular formula is C18H10Cl3F4NO3. The third-order valence-corrected chi connectivity index (χ3v) is 5.73. The molecule has 0 radical (unpaired) electrons. The molecule has 0 aliphatic heterocycles. The monoisotopic (exact) mass is 469 g/mol. The molecule has 0 spiro atoms. The molecule has 29 heavy (non-hydrogen) atoms. The number of alkyl halides is 5. The highest BCUT2D eigenvalue weighted by Crippen LogP contribution is 2.65. The molecule has 2 aromatic rings. The van der Waals surface area contributed by atoms with E-state index in [4.69, 9.17) is 39.9 Å². The summed E-state index contributed by atoms with van der Waals surface area (Å²) in [5.74, 6) is -5.66. The number of halogens is 7. The molecule has 3 rings (SSSR count). The molecule has 2 N–H and O–H groups in total. The number of carbonyl (C=O) groups is 2. The standard InChI is InChI=1S/C18H10Cl3F4NO3/c19-11-3-2-8(6-9(11)16(28)29)26-15(27)14-13(17(14,20)21)7-1-4-12(22)10(5-7)18(23,24)25/h1-6,13-14H,(H,26,27)(H,28,29)/t13-,14+/m0/s1. The van der Waals surface area contributed by atoms with Crippen molar-refractivity contribution in [3.05, 3.63) is 63.9 Å². The average Bonchev–Trinajstić information content (AvgIpc) is 3.18. The molecule has 0 aromatic heterocycles. The Morgan fingerprint density at radius 1 is 1.10 bits per heavy atom. The Morgan fingerprint density at radius 2 is 1.76 bits per heavy atom. The van der Waals surface area contributed by atoms with E-state index in [1.807, 2.05) is 0 Å². The van der Waals surface area contributed by atoms with Crippen molar-refractivity contribution in [3.63, 3.8) is 0 Å². The number of hydrogen-bond donors (Lipinski definition) is 2. The first-order valence-corrected chi connectivity index (χ1v) is 9.05. The smallest absolute Gasteiger partial charge is 0.419 e. The van der Waals surface area contributed by atoms with Crippen LogP contribution in [0.4, 0.5) is 23.2 Å². The summed E-state index contributed by atoms with van der Waals surface area (Å²) in [5.41, 5.74) is -1.71. The number of carbonyl (C=O) groups excluding carboxylic acids is 1. The van der Waals surface area contributed by atoms with E-state index in [1.54, 1.807) is 0 Å². The Morgan fingerprint density at radius 3 is 2.34 bits per heavy atom. The van der Waals surface area contributed by atoms with Gasteiger partial charge >= 0.3 is 12.1 Å². The fourth-order valence-electron chi connectivity index (χ4n) is 3.01. The van der Waals surface area contributed by atoms with Gasteiger partial charge < -0.3 is 10.4 Å². The first-order valence-electron chi connectivity index (χ1n) is 7.92. The van der Waals surface area contributed by atoms with E-state index < -0.39 is 45.6 Å². The van der Waals surface area contributed by atoms with Crippen LogP contribution in [0.15, 0.2) is 36.4 Å². The average molecular weight is 471 g/mol. The van der Waals surface area contributed by atoms with Crippen molar-refractivity contribution in [1.29, 1.82) is 0 Å². The number of benzene rings is 2. The van der Waals surface area contributed by atoms with Crippen LogP contribution in [-0.4, -0.2) is 21.3 Å². The number of hydrogen-bond acceptors (Lipinski definition) is 2. The van der Waals surface area contributed by atoms with Gasteiger partial charge in [-0.15, -0.1) is 23.2 Å². The second-order valence-electron chi connectivity index (χ2n) is 6.36. The van der Waals surface area contributed by atoms with Crippen LogP contribution in [0.2, 0.25) is 5.02 Å². The van der Waals surface area contributed by atoms with Crippen molar-refractivity contribution < 1.29 is 32.3 Å². The number of aromatic carboxylic acids is 1. The van der Waals surface area contributed by atoms with Crippen molar-refractivity contribution in [2.24, 2.45) is 5.92 Å². The van der Waals surface area contributed by atoms with Crippen LogP contribution in [0.5, 0.6) is 0 Å². The maximum Gasteiger partial charge on any atom is 0.419 e. The lowest BCUT2D eigenvalue weighted by molar-refractivity contribution is -0.140. The van der Waals surface area contributed by atoms with E-state index in [-0.39, 0.29) is 21.8 Å². The summed E-state index contributed by atoms with van der Waals surface area (Å²) in [4.78, 5) is 23.7. The molecule has 1 fully saturated rings. The Kier molecular flexibility index (Phi) is 5.49. The van der Waals surface area contributed by atoms with E-state index in [2.05, 4.69) is 5.32 Å². The fraction of sp³-hybridized carbons (Fsp3) is 0.222. The summed E-state index contributed by atoms with van der Waals surface area (Å²) >= 11 is 18.0. The van der Waals surface area contributed by atoms with Gasteiger partial charge in [0.1, 0.15) is 10.2 Å². The number of amides is 1. The lowest BCUT2D eigenvalue weighted by Crippen LogP contribution is -2.17. The molecule has 1 aliphatic rings. The minimum atomic E-state index is -4.93. The minimum absolute atomic E-state index is 0.0465. The van der Waals surface area contributed by atoms with Crippen molar-refractivity contribution in [1.82, 2.24) is 0 Å². The van der Waals surface area contributed by atoms with Gasteiger partial charge in [0.15, 0.2) is 0 Å². The number of rotatable bonds is 4. The molecule has 0 bridgehead atoms. The van der Waals surface area contributed by atoms with Crippen molar-refractivity contribution in [2.75, 3.05) is 5.32 Å². The molecule has 0 unspecified atom stereocenters. The van der Waals surface area contributed by atoms with Gasteiger partial charge in [0, 0.05) is 11.6 Å². The molecule has 11 heteroatoms. The largest absolute Gasteiger partial charge is 0.478 e. The highest BCUT2D eigenvalue weighted by Gasteiger charge is 2.67. The van der Waals surface area contributed by atoms with Gasteiger partial charge in [-0.25, -0.2) is 9.18 Å². The zero-order valence-electron chi connectivity index (χ0n) is 14.0. The molecule has 1 saturated carbocycles. The second-order valence-corrected chi connectivity index (χ2v) is 8.21. The second kappa shape index (κ2) is 7.34. The highest BCUT2D eigenvalue weighted by molar-refractivity contribution is 6.53. The highest BCUT2D eigenvalue weighted by atomic mass is 35.5. The zero-order valence-corrected chi connectivity index (χ0v) is 16.3. The van der Waals surface area contributed by atoms with Crippen LogP contribution < -0.4 is 5.32 Å². The molecule has 2 atom stereocenters. The molecule has 0 heterocycles. The van der Waals surface area contributed by atoms with Crippen molar-refractivity contribution in [3.8, 4) is 0 Å². The van der Waals surface area contributed by atoms with Crippen molar-refractivity contribution in [2.45, 2.75) is 16.4 Å². The van der Waals surface area contributed by atoms with Crippen molar-refractivity contribution >= 4 is 52.4 Å². The van der Waals surface area contributed by atoms with Crippen LogP contribution in [0.25, 0.3) is 0 Å². The Hall–Kier alpha value is -2.03. The van der Waals surface area contributed by atoms with E-state index in [0.717, 1.165) is 12.1 Å².